The molecular formula is C19H13ClFN7O. The normalized spacial score (nSPS) is 13.7. The molecule has 2 N–H and O–H groups in total. The minimum atomic E-state index is -0.676. The molecule has 1 amide bonds. The van der Waals surface area contributed by atoms with E-state index in [-0.39, 0.29) is 28.8 Å². The average molecular weight is 410 g/mol. The fourth-order valence-electron chi connectivity index (χ4n) is 3.33. The van der Waals surface area contributed by atoms with Crippen molar-refractivity contribution in [1.29, 1.82) is 5.26 Å². The van der Waals surface area contributed by atoms with Gasteiger partial charge < -0.3 is 9.72 Å². The number of carbonyl (C=O) groups is 1. The summed E-state index contributed by atoms with van der Waals surface area (Å²) in [6.07, 6.45) is 8.04. The lowest BCUT2D eigenvalue weighted by Crippen LogP contribution is -2.13. The van der Waals surface area contributed by atoms with Crippen molar-refractivity contribution < 1.29 is 9.18 Å². The molecule has 1 saturated carbocycles. The second kappa shape index (κ2) is 6.53. The van der Waals surface area contributed by atoms with Gasteiger partial charge in [-0.25, -0.2) is 9.37 Å². The van der Waals surface area contributed by atoms with Gasteiger partial charge >= 0.3 is 0 Å². The Morgan fingerprint density at radius 2 is 2.24 bits per heavy atom. The second-order valence-corrected chi connectivity index (χ2v) is 7.28. The fraction of sp³-hybridized carbons (Fsp3) is 0.211. The lowest BCUT2D eigenvalue weighted by atomic mass is 10.0. The number of carbonyl (C=O) groups excluding carboxylic acids is 1. The molecule has 0 saturated heterocycles. The highest BCUT2D eigenvalue weighted by atomic mass is 35.5. The zero-order chi connectivity index (χ0) is 20.1. The molecule has 5 rings (SSSR count). The van der Waals surface area contributed by atoms with Crippen molar-refractivity contribution in [3.05, 3.63) is 41.2 Å². The van der Waals surface area contributed by atoms with Crippen LogP contribution in [0.1, 0.15) is 18.4 Å². The van der Waals surface area contributed by atoms with Gasteiger partial charge in [0.1, 0.15) is 5.82 Å². The van der Waals surface area contributed by atoms with Crippen molar-refractivity contribution >= 4 is 39.9 Å². The monoisotopic (exact) mass is 409 g/mol. The first-order chi connectivity index (χ1) is 14.1. The first kappa shape index (κ1) is 17.6. The maximum absolute atomic E-state index is 14.9. The summed E-state index contributed by atoms with van der Waals surface area (Å²) in [4.78, 5) is 20.7. The number of fused-ring (bicyclic) bond motifs is 2. The number of benzene rings is 1. The number of imidazole rings is 1. The molecule has 8 nitrogen and oxygen atoms in total. The van der Waals surface area contributed by atoms with Gasteiger partial charge in [0.05, 0.1) is 47.3 Å². The number of nitriles is 1. The molecule has 0 bridgehead atoms. The SMILES string of the molecule is N#CCc1c(F)c(Cl)c(-c2cn3cc(NC(=O)C4CC4)nc3cn2)c2cn[nH]c12. The molecular weight excluding hydrogens is 397 g/mol. The third kappa shape index (κ3) is 2.89. The van der Waals surface area contributed by atoms with Gasteiger partial charge in [0.25, 0.3) is 0 Å². The van der Waals surface area contributed by atoms with E-state index < -0.39 is 5.82 Å². The molecule has 1 aliphatic rings. The van der Waals surface area contributed by atoms with E-state index in [0.29, 0.717) is 33.6 Å². The Morgan fingerprint density at radius 3 is 3.00 bits per heavy atom. The van der Waals surface area contributed by atoms with Crippen molar-refractivity contribution in [3.8, 4) is 17.3 Å². The summed E-state index contributed by atoms with van der Waals surface area (Å²) in [6, 6.07) is 1.94. The van der Waals surface area contributed by atoms with Gasteiger partial charge in [0, 0.05) is 28.6 Å². The van der Waals surface area contributed by atoms with Crippen molar-refractivity contribution in [3.63, 3.8) is 0 Å². The number of anilines is 1. The van der Waals surface area contributed by atoms with Crippen LogP contribution in [0.4, 0.5) is 10.2 Å². The number of amides is 1. The summed E-state index contributed by atoms with van der Waals surface area (Å²) in [7, 11) is 0. The van der Waals surface area contributed by atoms with Gasteiger partial charge in [0.2, 0.25) is 5.91 Å². The average Bonchev–Trinajstić information content (AvgIpc) is 3.33. The van der Waals surface area contributed by atoms with E-state index in [2.05, 4.69) is 25.5 Å². The third-order valence-corrected chi connectivity index (χ3v) is 5.30. The summed E-state index contributed by atoms with van der Waals surface area (Å²) in [6.45, 7) is 0. The van der Waals surface area contributed by atoms with E-state index in [1.165, 1.54) is 12.4 Å². The Bertz CT molecular complexity index is 1330. The molecule has 1 fully saturated rings. The zero-order valence-electron chi connectivity index (χ0n) is 14.9. The number of H-pyrrole nitrogens is 1. The quantitative estimate of drug-likeness (QED) is 0.536. The maximum Gasteiger partial charge on any atom is 0.228 e. The smallest absolute Gasteiger partial charge is 0.228 e. The minimum Gasteiger partial charge on any atom is -0.309 e. The van der Waals surface area contributed by atoms with Gasteiger partial charge in [-0.15, -0.1) is 0 Å². The summed E-state index contributed by atoms with van der Waals surface area (Å²) in [5.41, 5.74) is 1.89. The van der Waals surface area contributed by atoms with Gasteiger partial charge in [0.15, 0.2) is 11.5 Å². The number of aromatic amines is 1. The number of rotatable bonds is 4. The van der Waals surface area contributed by atoms with E-state index in [1.807, 2.05) is 6.07 Å². The van der Waals surface area contributed by atoms with Crippen LogP contribution < -0.4 is 5.32 Å². The molecule has 0 radical (unpaired) electrons. The van der Waals surface area contributed by atoms with Gasteiger partial charge in [-0.2, -0.15) is 10.4 Å². The first-order valence-electron chi connectivity index (χ1n) is 8.92. The van der Waals surface area contributed by atoms with Crippen LogP contribution in [-0.2, 0) is 11.2 Å². The van der Waals surface area contributed by atoms with Gasteiger partial charge in [-0.3, -0.25) is 14.9 Å². The number of aromatic nitrogens is 5. The van der Waals surface area contributed by atoms with E-state index in [4.69, 9.17) is 16.9 Å². The summed E-state index contributed by atoms with van der Waals surface area (Å²) in [5, 5.41) is 18.9. The van der Waals surface area contributed by atoms with Crippen molar-refractivity contribution in [2.45, 2.75) is 19.3 Å². The van der Waals surface area contributed by atoms with Crippen LogP contribution >= 0.6 is 11.6 Å². The first-order valence-corrected chi connectivity index (χ1v) is 9.30. The fourth-order valence-corrected chi connectivity index (χ4v) is 3.65. The summed E-state index contributed by atoms with van der Waals surface area (Å²) in [5.74, 6) is -0.225. The standard InChI is InChI=1S/C19H13ClFN7O/c20-16-15(11-5-24-27-18(11)10(3-4-22)17(16)21)12-7-28-8-13(25-14(28)6-23-12)26-19(29)9-1-2-9/h5-9H,1-3H2,(H,24,27)(H,26,29). The summed E-state index contributed by atoms with van der Waals surface area (Å²) >= 11 is 6.32. The highest BCUT2D eigenvalue weighted by molar-refractivity contribution is 6.35. The number of halogens is 2. The number of nitrogens with one attached hydrogen (secondary N) is 2. The number of nitrogens with zero attached hydrogens (tertiary/aromatic N) is 5. The Hall–Kier alpha value is -3.51. The van der Waals surface area contributed by atoms with Gasteiger partial charge in [-0.1, -0.05) is 11.6 Å². The summed E-state index contributed by atoms with van der Waals surface area (Å²) < 4.78 is 16.5. The van der Waals surface area contributed by atoms with Crippen LogP contribution in [0.25, 0.3) is 27.8 Å². The predicted octanol–water partition coefficient (Wildman–Crippen LogP) is 3.48. The molecule has 0 spiro atoms. The molecule has 0 aliphatic heterocycles. The van der Waals surface area contributed by atoms with Crippen LogP contribution in [0.15, 0.2) is 24.8 Å². The Labute approximate surface area is 168 Å². The maximum atomic E-state index is 14.9. The molecule has 3 aromatic heterocycles. The van der Waals surface area contributed by atoms with Crippen LogP contribution in [0.2, 0.25) is 5.02 Å². The molecule has 29 heavy (non-hydrogen) atoms. The lowest BCUT2D eigenvalue weighted by molar-refractivity contribution is -0.117. The largest absolute Gasteiger partial charge is 0.309 e. The molecule has 4 aromatic rings. The minimum absolute atomic E-state index is 0.0418. The topological polar surface area (TPSA) is 112 Å². The molecule has 10 heteroatoms. The van der Waals surface area contributed by atoms with E-state index >= 15 is 0 Å². The van der Waals surface area contributed by atoms with Crippen LogP contribution in [-0.4, -0.2) is 30.5 Å². The second-order valence-electron chi connectivity index (χ2n) is 6.90. The number of hydrogen-bond acceptors (Lipinski definition) is 5. The molecule has 144 valence electrons. The van der Waals surface area contributed by atoms with Crippen LogP contribution in [0, 0.1) is 23.1 Å². The highest BCUT2D eigenvalue weighted by Crippen LogP contribution is 2.38. The molecule has 0 unspecified atom stereocenters. The zero-order valence-corrected chi connectivity index (χ0v) is 15.7. The van der Waals surface area contributed by atoms with Crippen LogP contribution in [0.5, 0.6) is 0 Å². The van der Waals surface area contributed by atoms with E-state index in [0.717, 1.165) is 12.8 Å². The molecule has 1 aliphatic carbocycles. The lowest BCUT2D eigenvalue weighted by Gasteiger charge is -2.10. The molecule has 3 heterocycles. The van der Waals surface area contributed by atoms with E-state index in [1.54, 1.807) is 16.8 Å². The number of hydrogen-bond donors (Lipinski definition) is 2. The van der Waals surface area contributed by atoms with E-state index in [9.17, 15) is 9.18 Å². The van der Waals surface area contributed by atoms with Crippen molar-refractivity contribution in [2.24, 2.45) is 5.92 Å². The van der Waals surface area contributed by atoms with Gasteiger partial charge in [-0.05, 0) is 12.8 Å². The van der Waals surface area contributed by atoms with Crippen molar-refractivity contribution in [1.82, 2.24) is 24.6 Å². The predicted molar refractivity (Wildman–Crippen MR) is 104 cm³/mol. The van der Waals surface area contributed by atoms with Crippen LogP contribution in [0.3, 0.4) is 0 Å². The Kier molecular flexibility index (Phi) is 3.96. The Balaban J connectivity index is 1.62. The molecule has 1 aromatic carbocycles. The Morgan fingerprint density at radius 1 is 1.41 bits per heavy atom. The third-order valence-electron chi connectivity index (χ3n) is 4.94. The highest BCUT2D eigenvalue weighted by Gasteiger charge is 2.30. The van der Waals surface area contributed by atoms with Crippen molar-refractivity contribution in [2.75, 3.05) is 5.32 Å². The molecule has 0 atom stereocenters.